The lowest BCUT2D eigenvalue weighted by molar-refractivity contribution is -0.677. The number of esters is 2. The lowest BCUT2D eigenvalue weighted by atomic mass is 10.0. The van der Waals surface area contributed by atoms with Crippen molar-refractivity contribution in [3.8, 4) is 11.3 Å². The van der Waals surface area contributed by atoms with Crippen molar-refractivity contribution in [3.63, 3.8) is 0 Å². The zero-order valence-corrected chi connectivity index (χ0v) is 14.4. The maximum absolute atomic E-state index is 11.8. The van der Waals surface area contributed by atoms with E-state index in [1.165, 1.54) is 20.3 Å². The monoisotopic (exact) mass is 348 g/mol. The van der Waals surface area contributed by atoms with E-state index < -0.39 is 18.0 Å². The molecule has 1 aromatic carbocycles. The first kappa shape index (κ1) is 18.7. The fourth-order valence-corrected chi connectivity index (χ4v) is 2.35. The molecule has 1 heterocycles. The number of carbonyl (C=O) groups excluding carboxylic acids is 2. The molecule has 1 aromatic heterocycles. The minimum Gasteiger partial charge on any atom is -0.465 e. The summed E-state index contributed by atoms with van der Waals surface area (Å²) in [5.74, 6) is 0.142. The summed E-state index contributed by atoms with van der Waals surface area (Å²) < 4.78 is 15.2. The summed E-state index contributed by atoms with van der Waals surface area (Å²) in [7, 11) is 2.55. The average Bonchev–Trinajstić information content (AvgIpc) is 3.08. The number of methoxy groups -OCH3 is 2. The van der Waals surface area contributed by atoms with E-state index in [4.69, 9.17) is 13.9 Å². The first-order valence-electron chi connectivity index (χ1n) is 7.85. The second kappa shape index (κ2) is 8.46. The van der Waals surface area contributed by atoms with Crippen LogP contribution >= 0.6 is 0 Å². The molecular formula is C18H22NO6+. The van der Waals surface area contributed by atoms with Crippen molar-refractivity contribution >= 4 is 11.9 Å². The molecule has 0 bridgehead atoms. The maximum atomic E-state index is 11.8. The zero-order chi connectivity index (χ0) is 18.4. The average molecular weight is 348 g/mol. The maximum Gasteiger partial charge on any atom is 0.337 e. The second-order valence-electron chi connectivity index (χ2n) is 5.63. The van der Waals surface area contributed by atoms with Gasteiger partial charge in [-0.2, -0.15) is 0 Å². The Labute approximate surface area is 145 Å². The molecule has 0 fully saturated rings. The summed E-state index contributed by atoms with van der Waals surface area (Å²) in [6.07, 6.45) is -0.395. The minimum atomic E-state index is -0.552. The number of nitrogens with two attached hydrogens (primary N) is 1. The molecule has 0 saturated carbocycles. The van der Waals surface area contributed by atoms with Crippen molar-refractivity contribution in [2.75, 3.05) is 20.8 Å². The topological polar surface area (TPSA) is 103 Å². The summed E-state index contributed by atoms with van der Waals surface area (Å²) in [6.45, 7) is 2.86. The van der Waals surface area contributed by atoms with Crippen LogP contribution in [0.3, 0.4) is 0 Å². The number of hydrogen-bond donors (Lipinski definition) is 2. The standard InChI is InChI=1S/C18H21NO6/c1-11(20)9-19-10-15-4-5-16(25-15)12-6-13(17(21)23-2)8-14(7-12)18(22)24-3/h4-8,11,19-20H,9-10H2,1-3H3/p+1/t11-/m0/s1. The predicted octanol–water partition coefficient (Wildman–Crippen LogP) is 0.964. The van der Waals surface area contributed by atoms with Crippen LogP contribution < -0.4 is 5.32 Å². The van der Waals surface area contributed by atoms with E-state index in [-0.39, 0.29) is 11.1 Å². The van der Waals surface area contributed by atoms with Crippen LogP contribution in [0.15, 0.2) is 34.7 Å². The fourth-order valence-electron chi connectivity index (χ4n) is 2.35. The summed E-state index contributed by atoms with van der Waals surface area (Å²) >= 11 is 0. The number of hydrogen-bond acceptors (Lipinski definition) is 6. The van der Waals surface area contributed by atoms with Gasteiger partial charge in [-0.05, 0) is 37.3 Å². The van der Waals surface area contributed by atoms with Gasteiger partial charge < -0.3 is 24.3 Å². The predicted molar refractivity (Wildman–Crippen MR) is 89.0 cm³/mol. The van der Waals surface area contributed by atoms with Crippen LogP contribution in [0.4, 0.5) is 0 Å². The smallest absolute Gasteiger partial charge is 0.337 e. The van der Waals surface area contributed by atoms with Gasteiger partial charge in [0, 0.05) is 5.56 Å². The Balaban J connectivity index is 2.29. The Morgan fingerprint density at radius 1 is 1.12 bits per heavy atom. The van der Waals surface area contributed by atoms with Crippen molar-refractivity contribution in [1.82, 2.24) is 0 Å². The third kappa shape index (κ3) is 4.91. The first-order valence-corrected chi connectivity index (χ1v) is 7.85. The third-order valence-electron chi connectivity index (χ3n) is 3.57. The van der Waals surface area contributed by atoms with Crippen LogP contribution in [0.5, 0.6) is 0 Å². The molecule has 0 spiro atoms. The van der Waals surface area contributed by atoms with E-state index >= 15 is 0 Å². The second-order valence-corrected chi connectivity index (χ2v) is 5.63. The summed E-state index contributed by atoms with van der Waals surface area (Å²) in [5, 5.41) is 11.2. The molecule has 134 valence electrons. The highest BCUT2D eigenvalue weighted by atomic mass is 16.5. The fraction of sp³-hybridized carbons (Fsp3) is 0.333. The van der Waals surface area contributed by atoms with Crippen LogP contribution in [-0.2, 0) is 16.0 Å². The van der Waals surface area contributed by atoms with Crippen molar-refractivity contribution < 1.29 is 33.9 Å². The number of aliphatic hydroxyl groups excluding tert-OH is 1. The molecule has 0 aliphatic rings. The third-order valence-corrected chi connectivity index (χ3v) is 3.57. The normalized spacial score (nSPS) is 11.8. The van der Waals surface area contributed by atoms with Gasteiger partial charge in [-0.15, -0.1) is 0 Å². The minimum absolute atomic E-state index is 0.235. The molecule has 7 heteroatoms. The van der Waals surface area contributed by atoms with Gasteiger partial charge in [-0.3, -0.25) is 0 Å². The first-order chi connectivity index (χ1) is 11.9. The van der Waals surface area contributed by atoms with E-state index in [0.717, 1.165) is 5.76 Å². The molecule has 0 unspecified atom stereocenters. The number of quaternary nitrogens is 1. The SMILES string of the molecule is COC(=O)c1cc(C(=O)OC)cc(-c2ccc(C[NH2+]C[C@H](C)O)o2)c1. The Hall–Kier alpha value is -2.64. The summed E-state index contributed by atoms with van der Waals surface area (Å²) in [6, 6.07) is 8.20. The quantitative estimate of drug-likeness (QED) is 0.723. The van der Waals surface area contributed by atoms with E-state index in [0.29, 0.717) is 24.4 Å². The van der Waals surface area contributed by atoms with Gasteiger partial charge in [0.15, 0.2) is 5.76 Å². The Morgan fingerprint density at radius 3 is 2.24 bits per heavy atom. The lowest BCUT2D eigenvalue weighted by Gasteiger charge is -2.06. The highest BCUT2D eigenvalue weighted by molar-refractivity contribution is 5.97. The highest BCUT2D eigenvalue weighted by Gasteiger charge is 2.16. The molecule has 0 saturated heterocycles. The Bertz CT molecular complexity index is 716. The molecule has 1 atom stereocenters. The number of rotatable bonds is 7. The molecule has 0 radical (unpaired) electrons. The van der Waals surface area contributed by atoms with Gasteiger partial charge in [-0.1, -0.05) is 0 Å². The Morgan fingerprint density at radius 2 is 1.72 bits per heavy atom. The van der Waals surface area contributed by atoms with Gasteiger partial charge in [0.2, 0.25) is 0 Å². The van der Waals surface area contributed by atoms with Crippen molar-refractivity contribution in [2.45, 2.75) is 19.6 Å². The van der Waals surface area contributed by atoms with Gasteiger partial charge in [-0.25, -0.2) is 9.59 Å². The molecular weight excluding hydrogens is 326 g/mol. The van der Waals surface area contributed by atoms with Crippen molar-refractivity contribution in [1.29, 1.82) is 0 Å². The number of furan rings is 1. The van der Waals surface area contributed by atoms with Crippen LogP contribution in [0.25, 0.3) is 11.3 Å². The van der Waals surface area contributed by atoms with Gasteiger partial charge in [0.05, 0.1) is 31.5 Å². The molecule has 2 rings (SSSR count). The van der Waals surface area contributed by atoms with Crippen LogP contribution in [-0.4, -0.2) is 43.9 Å². The summed E-state index contributed by atoms with van der Waals surface area (Å²) in [4.78, 5) is 23.7. The van der Waals surface area contributed by atoms with Crippen LogP contribution in [0.2, 0.25) is 0 Å². The zero-order valence-electron chi connectivity index (χ0n) is 14.4. The number of ether oxygens (including phenoxy) is 2. The van der Waals surface area contributed by atoms with E-state index in [1.807, 2.05) is 11.4 Å². The van der Waals surface area contributed by atoms with Crippen molar-refractivity contribution in [2.24, 2.45) is 0 Å². The van der Waals surface area contributed by atoms with E-state index in [2.05, 4.69) is 0 Å². The Kier molecular flexibility index (Phi) is 6.32. The molecule has 7 nitrogen and oxygen atoms in total. The molecule has 0 aliphatic carbocycles. The number of aliphatic hydroxyl groups is 1. The van der Waals surface area contributed by atoms with Gasteiger partial charge >= 0.3 is 11.9 Å². The van der Waals surface area contributed by atoms with E-state index in [1.54, 1.807) is 25.1 Å². The molecule has 25 heavy (non-hydrogen) atoms. The lowest BCUT2D eigenvalue weighted by Crippen LogP contribution is -2.84. The number of benzene rings is 1. The summed E-state index contributed by atoms with van der Waals surface area (Å²) in [5.41, 5.74) is 1.04. The van der Waals surface area contributed by atoms with Crippen molar-refractivity contribution in [3.05, 3.63) is 47.2 Å². The van der Waals surface area contributed by atoms with E-state index in [9.17, 15) is 14.7 Å². The highest BCUT2D eigenvalue weighted by Crippen LogP contribution is 2.25. The molecule has 0 aliphatic heterocycles. The largest absolute Gasteiger partial charge is 0.465 e. The van der Waals surface area contributed by atoms with Crippen LogP contribution in [0, 0.1) is 0 Å². The number of carbonyl (C=O) groups is 2. The van der Waals surface area contributed by atoms with Gasteiger partial charge in [0.1, 0.15) is 18.8 Å². The van der Waals surface area contributed by atoms with Crippen LogP contribution in [0.1, 0.15) is 33.4 Å². The molecule has 2 aromatic rings. The molecule has 0 amide bonds. The molecule has 3 N–H and O–H groups in total. The van der Waals surface area contributed by atoms with Gasteiger partial charge in [0.25, 0.3) is 0 Å².